The second-order valence-electron chi connectivity index (χ2n) is 3.88. The fourth-order valence-corrected chi connectivity index (χ4v) is 1.79. The average molecular weight is 283 g/mol. The molecule has 100 valence electrons. The van der Waals surface area contributed by atoms with Crippen LogP contribution >= 0.6 is 11.6 Å². The van der Waals surface area contributed by atoms with Gasteiger partial charge in [-0.1, -0.05) is 11.6 Å². The summed E-state index contributed by atoms with van der Waals surface area (Å²) in [6.45, 7) is 1.83. The number of hydrogen-bond donors (Lipinski definition) is 2. The highest BCUT2D eigenvalue weighted by atomic mass is 35.5. The second kappa shape index (κ2) is 5.25. The lowest BCUT2D eigenvalue weighted by molar-refractivity contribution is 0.0923. The lowest BCUT2D eigenvalue weighted by Crippen LogP contribution is -2.30. The van der Waals surface area contributed by atoms with Crippen LogP contribution in [0.2, 0.25) is 5.02 Å². The monoisotopic (exact) mass is 282 g/mol. The third-order valence-corrected chi connectivity index (χ3v) is 2.65. The Morgan fingerprint density at radius 1 is 1.63 bits per heavy atom. The third kappa shape index (κ3) is 2.83. The summed E-state index contributed by atoms with van der Waals surface area (Å²) in [5.41, 5.74) is 2.16. The van der Waals surface area contributed by atoms with E-state index in [0.717, 1.165) is 0 Å². The molecule has 0 saturated carbocycles. The number of furan rings is 1. The molecule has 0 bridgehead atoms. The predicted octanol–water partition coefficient (Wildman–Crippen LogP) is 0.450. The van der Waals surface area contributed by atoms with Crippen LogP contribution in [-0.4, -0.2) is 15.5 Å². The van der Waals surface area contributed by atoms with Gasteiger partial charge >= 0.3 is 11.6 Å². The minimum absolute atomic E-state index is 0.112. The molecule has 0 aromatic carbocycles. The number of carbonyl (C=O) groups excluding carboxylic acids is 1. The first-order valence-corrected chi connectivity index (χ1v) is 5.71. The summed E-state index contributed by atoms with van der Waals surface area (Å²) in [5, 5.41) is 0.336. The molecule has 0 aliphatic heterocycles. The maximum absolute atomic E-state index is 11.5. The smallest absolute Gasteiger partial charge is 0.348 e. The van der Waals surface area contributed by atoms with E-state index in [0.29, 0.717) is 16.3 Å². The molecule has 0 radical (unpaired) electrons. The van der Waals surface area contributed by atoms with Gasteiger partial charge in [0.25, 0.3) is 0 Å². The van der Waals surface area contributed by atoms with Gasteiger partial charge in [0.05, 0.1) is 17.8 Å². The number of rotatable bonds is 3. The van der Waals surface area contributed by atoms with Crippen molar-refractivity contribution in [3.63, 3.8) is 0 Å². The van der Waals surface area contributed by atoms with E-state index in [1.165, 1.54) is 17.0 Å². The van der Waals surface area contributed by atoms with Gasteiger partial charge in [0.1, 0.15) is 5.76 Å². The van der Waals surface area contributed by atoms with E-state index < -0.39 is 11.6 Å². The van der Waals surface area contributed by atoms with Crippen LogP contribution in [0.4, 0.5) is 0 Å². The first-order chi connectivity index (χ1) is 9.01. The molecular formula is C11H11ClN4O3. The van der Waals surface area contributed by atoms with Gasteiger partial charge in [0, 0.05) is 11.8 Å². The Balaban J connectivity index is 2.32. The van der Waals surface area contributed by atoms with Gasteiger partial charge in [0.15, 0.2) is 5.76 Å². The number of halogens is 1. The van der Waals surface area contributed by atoms with Gasteiger partial charge in [0.2, 0.25) is 0 Å². The zero-order chi connectivity index (χ0) is 14.0. The van der Waals surface area contributed by atoms with Crippen molar-refractivity contribution in [3.8, 4) is 0 Å². The van der Waals surface area contributed by atoms with Crippen molar-refractivity contribution in [1.29, 1.82) is 0 Å². The van der Waals surface area contributed by atoms with E-state index in [9.17, 15) is 9.59 Å². The molecule has 0 aliphatic rings. The molecule has 0 spiro atoms. The molecule has 0 unspecified atom stereocenters. The molecule has 0 atom stereocenters. The number of amides is 1. The van der Waals surface area contributed by atoms with E-state index in [4.69, 9.17) is 21.9 Å². The summed E-state index contributed by atoms with van der Waals surface area (Å²) >= 11 is 5.76. The first kappa shape index (κ1) is 13.3. The van der Waals surface area contributed by atoms with Crippen molar-refractivity contribution < 1.29 is 9.21 Å². The number of nitrogens with two attached hydrogens (primary N) is 1. The van der Waals surface area contributed by atoms with Gasteiger partial charge in [-0.3, -0.25) is 14.8 Å². The lowest BCUT2D eigenvalue weighted by Gasteiger charge is -2.02. The molecule has 7 nitrogen and oxygen atoms in total. The van der Waals surface area contributed by atoms with Crippen molar-refractivity contribution in [2.45, 2.75) is 13.5 Å². The number of carbonyl (C=O) groups is 1. The van der Waals surface area contributed by atoms with Gasteiger partial charge in [-0.2, -0.15) is 0 Å². The Bertz CT molecular complexity index is 677. The summed E-state index contributed by atoms with van der Waals surface area (Å²) in [4.78, 5) is 26.5. The Morgan fingerprint density at radius 2 is 2.37 bits per heavy atom. The Hall–Kier alpha value is -2.12. The molecule has 0 fully saturated rings. The molecule has 1 amide bonds. The van der Waals surface area contributed by atoms with Gasteiger partial charge in [-0.15, -0.1) is 0 Å². The van der Waals surface area contributed by atoms with Crippen molar-refractivity contribution in [2.24, 2.45) is 5.84 Å². The standard InChI is InChI=1S/C11H11ClN4O3/c1-6-2-8(19-9(6)10(17)15-13)5-16-4-7(12)3-14-11(16)18/h2-4H,5,13H2,1H3,(H,15,17). The summed E-state index contributed by atoms with van der Waals surface area (Å²) in [5.74, 6) is 5.05. The Morgan fingerprint density at radius 3 is 3.05 bits per heavy atom. The summed E-state index contributed by atoms with van der Waals surface area (Å²) in [6.07, 6.45) is 2.71. The van der Waals surface area contributed by atoms with Crippen molar-refractivity contribution >= 4 is 17.5 Å². The van der Waals surface area contributed by atoms with E-state index in [2.05, 4.69) is 4.98 Å². The third-order valence-electron chi connectivity index (χ3n) is 2.46. The van der Waals surface area contributed by atoms with E-state index in [1.807, 2.05) is 5.43 Å². The number of aryl methyl sites for hydroxylation is 1. The van der Waals surface area contributed by atoms with E-state index in [1.54, 1.807) is 13.0 Å². The van der Waals surface area contributed by atoms with Crippen LogP contribution in [0.5, 0.6) is 0 Å². The van der Waals surface area contributed by atoms with E-state index in [-0.39, 0.29) is 12.3 Å². The quantitative estimate of drug-likeness (QED) is 0.483. The van der Waals surface area contributed by atoms with Gasteiger partial charge in [-0.25, -0.2) is 15.6 Å². The van der Waals surface area contributed by atoms with Crippen LogP contribution in [0, 0.1) is 6.92 Å². The zero-order valence-corrected chi connectivity index (χ0v) is 10.8. The topological polar surface area (TPSA) is 103 Å². The normalized spacial score (nSPS) is 10.5. The van der Waals surface area contributed by atoms with Crippen LogP contribution in [0.15, 0.2) is 27.7 Å². The molecular weight excluding hydrogens is 272 g/mol. The fraction of sp³-hybridized carbons (Fsp3) is 0.182. The number of hydrazine groups is 1. The van der Waals surface area contributed by atoms with Crippen molar-refractivity contribution in [3.05, 3.63) is 51.1 Å². The minimum Gasteiger partial charge on any atom is -0.454 e. The molecule has 2 heterocycles. The van der Waals surface area contributed by atoms with Crippen LogP contribution in [0.25, 0.3) is 0 Å². The molecule has 0 aliphatic carbocycles. The largest absolute Gasteiger partial charge is 0.454 e. The average Bonchev–Trinajstić information content (AvgIpc) is 2.74. The molecule has 0 saturated heterocycles. The number of hydrogen-bond acceptors (Lipinski definition) is 5. The van der Waals surface area contributed by atoms with Crippen LogP contribution in [0.3, 0.4) is 0 Å². The maximum Gasteiger partial charge on any atom is 0.348 e. The second-order valence-corrected chi connectivity index (χ2v) is 4.32. The Labute approximate surface area is 113 Å². The number of aromatic nitrogens is 2. The maximum atomic E-state index is 11.5. The molecule has 2 aromatic heterocycles. The van der Waals surface area contributed by atoms with Crippen LogP contribution < -0.4 is 17.0 Å². The lowest BCUT2D eigenvalue weighted by atomic mass is 10.2. The van der Waals surface area contributed by atoms with Gasteiger partial charge < -0.3 is 4.42 Å². The van der Waals surface area contributed by atoms with E-state index >= 15 is 0 Å². The Kier molecular flexibility index (Phi) is 3.68. The van der Waals surface area contributed by atoms with Crippen molar-refractivity contribution in [1.82, 2.24) is 15.0 Å². The highest BCUT2D eigenvalue weighted by Gasteiger charge is 2.15. The molecule has 8 heteroatoms. The highest BCUT2D eigenvalue weighted by molar-refractivity contribution is 6.30. The zero-order valence-electron chi connectivity index (χ0n) is 10.0. The summed E-state index contributed by atoms with van der Waals surface area (Å²) in [6, 6.07) is 1.65. The fourth-order valence-electron chi connectivity index (χ4n) is 1.63. The number of nitrogens with zero attached hydrogens (tertiary/aromatic N) is 2. The first-order valence-electron chi connectivity index (χ1n) is 5.33. The van der Waals surface area contributed by atoms with Crippen molar-refractivity contribution in [2.75, 3.05) is 0 Å². The number of nitrogens with one attached hydrogen (secondary N) is 1. The minimum atomic E-state index is -0.527. The molecule has 2 rings (SSSR count). The molecule has 3 N–H and O–H groups in total. The van der Waals surface area contributed by atoms with Crippen LogP contribution in [0.1, 0.15) is 21.9 Å². The number of nitrogen functional groups attached to an aromatic ring is 1. The van der Waals surface area contributed by atoms with Gasteiger partial charge in [-0.05, 0) is 13.0 Å². The summed E-state index contributed by atoms with van der Waals surface area (Å²) < 4.78 is 6.63. The summed E-state index contributed by atoms with van der Waals surface area (Å²) in [7, 11) is 0. The molecule has 19 heavy (non-hydrogen) atoms. The highest BCUT2D eigenvalue weighted by Crippen LogP contribution is 2.15. The van der Waals surface area contributed by atoms with Crippen LogP contribution in [-0.2, 0) is 6.54 Å². The molecule has 2 aromatic rings. The SMILES string of the molecule is Cc1cc(Cn2cc(Cl)cnc2=O)oc1C(=O)NN. The predicted molar refractivity (Wildman–Crippen MR) is 67.7 cm³/mol.